The molecule has 3 heterocycles. The van der Waals surface area contributed by atoms with Crippen LogP contribution in [0, 0.1) is 0 Å². The molecule has 0 atom stereocenters. The van der Waals surface area contributed by atoms with Gasteiger partial charge in [-0.15, -0.1) is 0 Å². The van der Waals surface area contributed by atoms with Gasteiger partial charge >= 0.3 is 0 Å². The van der Waals surface area contributed by atoms with Crippen LogP contribution in [0.4, 0.5) is 5.69 Å². The van der Waals surface area contributed by atoms with E-state index in [1.54, 1.807) is 43.7 Å². The van der Waals surface area contributed by atoms with E-state index in [0.29, 0.717) is 29.6 Å². The molecule has 4 rings (SSSR count). The number of carbonyl (C=O) groups is 1. The lowest BCUT2D eigenvalue weighted by Gasteiger charge is -2.43. The van der Waals surface area contributed by atoms with Gasteiger partial charge in [-0.05, 0) is 32.1 Å². The minimum atomic E-state index is -0.227. The Morgan fingerprint density at radius 1 is 1.15 bits per heavy atom. The minimum absolute atomic E-state index is 0.184. The first-order valence-corrected chi connectivity index (χ1v) is 8.80. The summed E-state index contributed by atoms with van der Waals surface area (Å²) in [5.41, 5.74) is 2.29. The van der Waals surface area contributed by atoms with Crippen LogP contribution in [0.25, 0.3) is 0 Å². The molecule has 27 heavy (non-hydrogen) atoms. The lowest BCUT2D eigenvalue weighted by molar-refractivity contribution is -0.113. The van der Waals surface area contributed by atoms with Crippen molar-refractivity contribution in [3.63, 3.8) is 0 Å². The molecule has 140 valence electrons. The number of aliphatic imine (C=N–C) groups is 2. The third-order valence-electron chi connectivity index (χ3n) is 4.86. The molecule has 0 saturated carbocycles. The molecule has 7 heteroatoms. The Labute approximate surface area is 158 Å². The number of allylic oxidation sites excluding steroid dienone is 1. The van der Waals surface area contributed by atoms with Gasteiger partial charge in [-0.2, -0.15) is 0 Å². The van der Waals surface area contributed by atoms with E-state index in [1.807, 2.05) is 17.0 Å². The third-order valence-corrected chi connectivity index (χ3v) is 4.86. The van der Waals surface area contributed by atoms with Gasteiger partial charge in [-0.3, -0.25) is 14.7 Å². The molecule has 1 aromatic carbocycles. The highest BCUT2D eigenvalue weighted by molar-refractivity contribution is 6.46. The quantitative estimate of drug-likeness (QED) is 0.825. The fourth-order valence-electron chi connectivity index (χ4n) is 3.55. The molecule has 0 aromatic heterocycles. The average molecular weight is 366 g/mol. The van der Waals surface area contributed by atoms with Crippen LogP contribution in [0.15, 0.2) is 51.9 Å². The van der Waals surface area contributed by atoms with E-state index < -0.39 is 0 Å². The van der Waals surface area contributed by atoms with Crippen molar-refractivity contribution in [3.8, 4) is 11.5 Å². The SMILES string of the molecule is COc1ccc(N2C(=O)C3=NC=CCN3C3=C2C=NC(C)(C)C3)cc1OC. The highest BCUT2D eigenvalue weighted by atomic mass is 16.5. The number of ether oxygens (including phenoxy) is 2. The highest BCUT2D eigenvalue weighted by Gasteiger charge is 2.41. The van der Waals surface area contributed by atoms with Crippen molar-refractivity contribution in [1.82, 2.24) is 4.90 Å². The lowest BCUT2D eigenvalue weighted by atomic mass is 9.93. The molecule has 3 aliphatic heterocycles. The molecular formula is C20H22N4O3. The van der Waals surface area contributed by atoms with Crippen molar-refractivity contribution >= 4 is 23.6 Å². The van der Waals surface area contributed by atoms with E-state index >= 15 is 0 Å². The summed E-state index contributed by atoms with van der Waals surface area (Å²) in [6.07, 6.45) is 6.15. The maximum atomic E-state index is 13.3. The number of hydrogen-bond donors (Lipinski definition) is 0. The standard InChI is InChI=1S/C20H22N4O3/c1-20(2)11-14-15(12-22-20)24(19(25)18-21-8-5-9-23(14)18)13-6-7-16(26-3)17(10-13)27-4/h5-8,10,12H,9,11H2,1-4H3. The van der Waals surface area contributed by atoms with Crippen molar-refractivity contribution < 1.29 is 14.3 Å². The number of dihydropyridines is 1. The van der Waals surface area contributed by atoms with Crippen LogP contribution in [-0.4, -0.2) is 49.2 Å². The van der Waals surface area contributed by atoms with Crippen molar-refractivity contribution in [3.05, 3.63) is 41.9 Å². The van der Waals surface area contributed by atoms with Crippen LogP contribution < -0.4 is 14.4 Å². The Kier molecular flexibility index (Phi) is 4.02. The zero-order chi connectivity index (χ0) is 19.2. The second-order valence-corrected chi connectivity index (χ2v) is 7.21. The predicted molar refractivity (Wildman–Crippen MR) is 105 cm³/mol. The Balaban J connectivity index is 1.88. The van der Waals surface area contributed by atoms with Gasteiger partial charge < -0.3 is 14.4 Å². The number of amidine groups is 1. The van der Waals surface area contributed by atoms with Crippen molar-refractivity contribution in [2.45, 2.75) is 25.8 Å². The molecule has 0 bridgehead atoms. The van der Waals surface area contributed by atoms with Crippen LogP contribution in [0.5, 0.6) is 11.5 Å². The topological polar surface area (TPSA) is 66.7 Å². The van der Waals surface area contributed by atoms with Gasteiger partial charge in [0.05, 0.1) is 31.1 Å². The van der Waals surface area contributed by atoms with E-state index in [4.69, 9.17) is 9.47 Å². The molecule has 0 radical (unpaired) electrons. The summed E-state index contributed by atoms with van der Waals surface area (Å²) in [5, 5.41) is 0. The monoisotopic (exact) mass is 366 g/mol. The summed E-state index contributed by atoms with van der Waals surface area (Å²) < 4.78 is 10.7. The maximum Gasteiger partial charge on any atom is 0.298 e. The van der Waals surface area contributed by atoms with Crippen molar-refractivity contribution in [2.75, 3.05) is 25.7 Å². The predicted octanol–water partition coefficient (Wildman–Crippen LogP) is 2.74. The van der Waals surface area contributed by atoms with Crippen LogP contribution in [0.3, 0.4) is 0 Å². The summed E-state index contributed by atoms with van der Waals surface area (Å²) in [7, 11) is 3.16. The fraction of sp³-hybridized carbons (Fsp3) is 0.350. The Bertz CT molecular complexity index is 927. The first-order valence-electron chi connectivity index (χ1n) is 8.80. The van der Waals surface area contributed by atoms with E-state index in [0.717, 1.165) is 17.8 Å². The minimum Gasteiger partial charge on any atom is -0.493 e. The van der Waals surface area contributed by atoms with Gasteiger partial charge in [-0.25, -0.2) is 4.99 Å². The Morgan fingerprint density at radius 2 is 1.93 bits per heavy atom. The molecular weight excluding hydrogens is 344 g/mol. The second-order valence-electron chi connectivity index (χ2n) is 7.21. The fourth-order valence-corrected chi connectivity index (χ4v) is 3.55. The van der Waals surface area contributed by atoms with E-state index in [9.17, 15) is 4.79 Å². The first-order chi connectivity index (χ1) is 12.9. The average Bonchev–Trinajstić information content (AvgIpc) is 2.68. The van der Waals surface area contributed by atoms with Crippen LogP contribution in [0.1, 0.15) is 20.3 Å². The summed E-state index contributed by atoms with van der Waals surface area (Å²) in [5.74, 6) is 1.41. The number of methoxy groups -OCH3 is 2. The first kappa shape index (κ1) is 17.3. The van der Waals surface area contributed by atoms with Crippen molar-refractivity contribution in [1.29, 1.82) is 0 Å². The molecule has 0 N–H and O–H groups in total. The van der Waals surface area contributed by atoms with Gasteiger partial charge in [0.15, 0.2) is 17.3 Å². The second kappa shape index (κ2) is 6.26. The maximum absolute atomic E-state index is 13.3. The number of carbonyl (C=O) groups excluding carboxylic acids is 1. The molecule has 0 aliphatic carbocycles. The zero-order valence-electron chi connectivity index (χ0n) is 15.9. The summed E-state index contributed by atoms with van der Waals surface area (Å²) >= 11 is 0. The molecule has 0 fully saturated rings. The summed E-state index contributed by atoms with van der Waals surface area (Å²) in [6, 6.07) is 5.43. The van der Waals surface area contributed by atoms with E-state index in [2.05, 4.69) is 23.8 Å². The van der Waals surface area contributed by atoms with Gasteiger partial charge in [-0.1, -0.05) is 0 Å². The molecule has 0 spiro atoms. The van der Waals surface area contributed by atoms with Crippen LogP contribution in [-0.2, 0) is 4.79 Å². The molecule has 1 aromatic rings. The molecule has 0 saturated heterocycles. The molecule has 1 amide bonds. The lowest BCUT2D eigenvalue weighted by Crippen LogP contribution is -2.53. The van der Waals surface area contributed by atoms with Gasteiger partial charge in [0.2, 0.25) is 0 Å². The third kappa shape index (κ3) is 2.79. The van der Waals surface area contributed by atoms with E-state index in [1.165, 1.54) is 0 Å². The highest BCUT2D eigenvalue weighted by Crippen LogP contribution is 2.39. The number of hydrogen-bond acceptors (Lipinski definition) is 6. The number of fused-ring (bicyclic) bond motifs is 2. The number of rotatable bonds is 3. The largest absolute Gasteiger partial charge is 0.493 e. The molecule has 3 aliphatic rings. The molecule has 7 nitrogen and oxygen atoms in total. The number of anilines is 1. The van der Waals surface area contributed by atoms with Crippen molar-refractivity contribution in [2.24, 2.45) is 9.98 Å². The van der Waals surface area contributed by atoms with Gasteiger partial charge in [0, 0.05) is 37.1 Å². The number of benzene rings is 1. The smallest absolute Gasteiger partial charge is 0.298 e. The summed E-state index contributed by atoms with van der Waals surface area (Å²) in [6.45, 7) is 4.80. The Hall–Kier alpha value is -3.09. The van der Waals surface area contributed by atoms with E-state index in [-0.39, 0.29) is 11.4 Å². The van der Waals surface area contributed by atoms with Gasteiger partial charge in [0.25, 0.3) is 5.91 Å². The normalized spacial score (nSPS) is 20.3. The van der Waals surface area contributed by atoms with Crippen LogP contribution in [0.2, 0.25) is 0 Å². The Morgan fingerprint density at radius 3 is 2.67 bits per heavy atom. The van der Waals surface area contributed by atoms with Crippen LogP contribution >= 0.6 is 0 Å². The molecule has 0 unspecified atom stereocenters. The zero-order valence-corrected chi connectivity index (χ0v) is 15.9. The van der Waals surface area contributed by atoms with Gasteiger partial charge in [0.1, 0.15) is 0 Å². The summed E-state index contributed by atoms with van der Waals surface area (Å²) in [4.78, 5) is 25.9. The number of nitrogens with zero attached hydrogens (tertiary/aromatic N) is 4. The number of amides is 1.